The number of methoxy groups -OCH3 is 1. The van der Waals surface area contributed by atoms with Gasteiger partial charge in [-0.3, -0.25) is 19.4 Å². The number of aromatic nitrogens is 2. The summed E-state index contributed by atoms with van der Waals surface area (Å²) in [5, 5.41) is 5.75. The molecule has 0 radical (unpaired) electrons. The van der Waals surface area contributed by atoms with Gasteiger partial charge in [0.2, 0.25) is 11.8 Å². The van der Waals surface area contributed by atoms with E-state index >= 15 is 0 Å². The van der Waals surface area contributed by atoms with Crippen molar-refractivity contribution in [3.63, 3.8) is 0 Å². The summed E-state index contributed by atoms with van der Waals surface area (Å²) in [6.07, 6.45) is 6.08. The summed E-state index contributed by atoms with van der Waals surface area (Å²) >= 11 is 0. The van der Waals surface area contributed by atoms with Gasteiger partial charge in [0.15, 0.2) is 0 Å². The first-order valence-electron chi connectivity index (χ1n) is 10.2. The predicted octanol–water partition coefficient (Wildman–Crippen LogP) is 0.953. The van der Waals surface area contributed by atoms with Crippen molar-refractivity contribution in [1.82, 2.24) is 25.5 Å². The van der Waals surface area contributed by atoms with Gasteiger partial charge in [-0.2, -0.15) is 0 Å². The zero-order valence-corrected chi connectivity index (χ0v) is 17.7. The van der Waals surface area contributed by atoms with Gasteiger partial charge in [-0.25, -0.2) is 4.98 Å². The van der Waals surface area contributed by atoms with Crippen LogP contribution in [0.2, 0.25) is 0 Å². The van der Waals surface area contributed by atoms with Gasteiger partial charge in [0.1, 0.15) is 17.5 Å². The molecular formula is C22H27N5O4. The molecule has 1 fully saturated rings. The third kappa shape index (κ3) is 6.24. The Hall–Kier alpha value is -3.49. The van der Waals surface area contributed by atoms with Crippen molar-refractivity contribution in [1.29, 1.82) is 0 Å². The Kier molecular flexibility index (Phi) is 7.53. The number of hydrogen-bond donors (Lipinski definition) is 2. The second-order valence-corrected chi connectivity index (χ2v) is 7.47. The average molecular weight is 425 g/mol. The number of benzene rings is 1. The van der Waals surface area contributed by atoms with Gasteiger partial charge in [-0.05, 0) is 30.5 Å². The molecule has 1 saturated heterocycles. The van der Waals surface area contributed by atoms with E-state index in [4.69, 9.17) is 4.74 Å². The minimum absolute atomic E-state index is 0.0695. The highest BCUT2D eigenvalue weighted by Crippen LogP contribution is 2.16. The van der Waals surface area contributed by atoms with Crippen LogP contribution in [0.5, 0.6) is 5.75 Å². The lowest BCUT2D eigenvalue weighted by molar-refractivity contribution is -0.128. The molecule has 1 atom stereocenters. The third-order valence-electron chi connectivity index (χ3n) is 5.18. The van der Waals surface area contributed by atoms with Crippen LogP contribution in [0.15, 0.2) is 42.9 Å². The van der Waals surface area contributed by atoms with Crippen LogP contribution in [-0.2, 0) is 16.0 Å². The van der Waals surface area contributed by atoms with Crippen LogP contribution in [0.4, 0.5) is 0 Å². The second kappa shape index (κ2) is 10.5. The summed E-state index contributed by atoms with van der Waals surface area (Å²) in [7, 11) is 1.58. The molecule has 9 nitrogen and oxygen atoms in total. The monoisotopic (exact) mass is 425 g/mol. The number of ether oxygens (including phenoxy) is 1. The maximum absolute atomic E-state index is 12.9. The molecule has 2 heterocycles. The van der Waals surface area contributed by atoms with E-state index in [9.17, 15) is 14.4 Å². The first kappa shape index (κ1) is 22.2. The first-order valence-corrected chi connectivity index (χ1v) is 10.2. The van der Waals surface area contributed by atoms with Crippen molar-refractivity contribution < 1.29 is 19.1 Å². The lowest BCUT2D eigenvalue weighted by Gasteiger charge is -2.33. The SMILES string of the molecule is COc1cccc(C[C@@H](NC(C)=O)C(=O)NC2CCN(C(=O)c3cnccn3)CC2)c1. The summed E-state index contributed by atoms with van der Waals surface area (Å²) < 4.78 is 5.23. The van der Waals surface area contributed by atoms with E-state index in [1.807, 2.05) is 24.3 Å². The van der Waals surface area contributed by atoms with E-state index in [2.05, 4.69) is 20.6 Å². The quantitative estimate of drug-likeness (QED) is 0.683. The van der Waals surface area contributed by atoms with Crippen LogP contribution in [-0.4, -0.2) is 64.9 Å². The van der Waals surface area contributed by atoms with Gasteiger partial charge in [0.05, 0.1) is 13.3 Å². The van der Waals surface area contributed by atoms with Crippen molar-refractivity contribution in [2.75, 3.05) is 20.2 Å². The predicted molar refractivity (Wildman–Crippen MR) is 113 cm³/mol. The zero-order valence-electron chi connectivity index (χ0n) is 17.7. The number of carbonyl (C=O) groups is 3. The topological polar surface area (TPSA) is 114 Å². The van der Waals surface area contributed by atoms with Gasteiger partial charge in [0.25, 0.3) is 5.91 Å². The number of amides is 3. The van der Waals surface area contributed by atoms with Gasteiger partial charge in [-0.15, -0.1) is 0 Å². The van der Waals surface area contributed by atoms with E-state index in [0.717, 1.165) is 5.56 Å². The molecule has 0 spiro atoms. The highest BCUT2D eigenvalue weighted by atomic mass is 16.5. The summed E-state index contributed by atoms with van der Waals surface area (Å²) in [5.74, 6) is 0.0239. The van der Waals surface area contributed by atoms with Gasteiger partial charge >= 0.3 is 0 Å². The second-order valence-electron chi connectivity index (χ2n) is 7.47. The lowest BCUT2D eigenvalue weighted by atomic mass is 10.0. The molecule has 1 aromatic heterocycles. The van der Waals surface area contributed by atoms with Crippen LogP contribution in [0, 0.1) is 0 Å². The molecule has 3 amide bonds. The molecule has 31 heavy (non-hydrogen) atoms. The van der Waals surface area contributed by atoms with Gasteiger partial charge in [0, 0.05) is 44.9 Å². The maximum Gasteiger partial charge on any atom is 0.274 e. The van der Waals surface area contributed by atoms with E-state index in [1.54, 1.807) is 12.0 Å². The van der Waals surface area contributed by atoms with Crippen molar-refractivity contribution in [2.24, 2.45) is 0 Å². The maximum atomic E-state index is 12.9. The Morgan fingerprint density at radius 1 is 1.23 bits per heavy atom. The van der Waals surface area contributed by atoms with Crippen LogP contribution >= 0.6 is 0 Å². The van der Waals surface area contributed by atoms with Crippen LogP contribution in [0.3, 0.4) is 0 Å². The summed E-state index contributed by atoms with van der Waals surface area (Å²) in [5.41, 5.74) is 1.20. The highest BCUT2D eigenvalue weighted by molar-refractivity contribution is 5.92. The summed E-state index contributed by atoms with van der Waals surface area (Å²) in [6, 6.07) is 6.65. The number of piperidine rings is 1. The van der Waals surface area contributed by atoms with Crippen molar-refractivity contribution in [3.05, 3.63) is 54.1 Å². The minimum atomic E-state index is -0.691. The molecule has 0 aliphatic carbocycles. The molecule has 0 saturated carbocycles. The zero-order chi connectivity index (χ0) is 22.2. The molecule has 164 valence electrons. The molecule has 1 aromatic carbocycles. The lowest BCUT2D eigenvalue weighted by Crippen LogP contribution is -2.53. The van der Waals surface area contributed by atoms with Gasteiger partial charge < -0.3 is 20.3 Å². The third-order valence-corrected chi connectivity index (χ3v) is 5.18. The van der Waals surface area contributed by atoms with Crippen LogP contribution < -0.4 is 15.4 Å². The Morgan fingerprint density at radius 3 is 2.65 bits per heavy atom. The number of rotatable bonds is 7. The summed E-state index contributed by atoms with van der Waals surface area (Å²) in [4.78, 5) is 46.7. The number of nitrogens with one attached hydrogen (secondary N) is 2. The van der Waals surface area contributed by atoms with Crippen molar-refractivity contribution in [3.8, 4) is 5.75 Å². The van der Waals surface area contributed by atoms with Crippen LogP contribution in [0.1, 0.15) is 35.8 Å². The number of carbonyl (C=O) groups excluding carboxylic acids is 3. The Balaban J connectivity index is 1.56. The van der Waals surface area contributed by atoms with E-state index in [1.165, 1.54) is 25.5 Å². The number of hydrogen-bond acceptors (Lipinski definition) is 6. The summed E-state index contributed by atoms with van der Waals surface area (Å²) in [6.45, 7) is 2.42. The largest absolute Gasteiger partial charge is 0.497 e. The fraction of sp³-hybridized carbons (Fsp3) is 0.409. The normalized spacial score (nSPS) is 15.1. The molecule has 0 bridgehead atoms. The number of nitrogens with zero attached hydrogens (tertiary/aromatic N) is 3. The molecule has 2 N–H and O–H groups in total. The smallest absolute Gasteiger partial charge is 0.274 e. The van der Waals surface area contributed by atoms with Crippen LogP contribution in [0.25, 0.3) is 0 Å². The fourth-order valence-corrected chi connectivity index (χ4v) is 3.59. The van der Waals surface area contributed by atoms with E-state index in [-0.39, 0.29) is 23.8 Å². The van der Waals surface area contributed by atoms with Crippen molar-refractivity contribution in [2.45, 2.75) is 38.3 Å². The molecule has 2 aromatic rings. The van der Waals surface area contributed by atoms with Crippen molar-refractivity contribution >= 4 is 17.7 Å². The Morgan fingerprint density at radius 2 is 2.00 bits per heavy atom. The van der Waals surface area contributed by atoms with E-state index in [0.29, 0.717) is 43.8 Å². The molecule has 1 aliphatic heterocycles. The minimum Gasteiger partial charge on any atom is -0.497 e. The first-order chi connectivity index (χ1) is 15.0. The number of likely N-dealkylation sites (tertiary alicyclic amines) is 1. The van der Waals surface area contributed by atoms with Gasteiger partial charge in [-0.1, -0.05) is 12.1 Å². The fourth-order valence-electron chi connectivity index (χ4n) is 3.59. The Bertz CT molecular complexity index is 913. The standard InChI is InChI=1S/C22H27N5O4/c1-15(28)25-19(13-16-4-3-5-18(12-16)31-2)21(29)26-17-6-10-27(11-7-17)22(30)20-14-23-8-9-24-20/h3-5,8-9,12,14,17,19H,6-7,10-11,13H2,1-2H3,(H,25,28)(H,26,29)/t19-/m1/s1. The molecule has 1 aliphatic rings. The Labute approximate surface area is 181 Å². The molecule has 3 rings (SSSR count). The average Bonchev–Trinajstić information content (AvgIpc) is 2.79. The van der Waals surface area contributed by atoms with E-state index < -0.39 is 6.04 Å². The highest BCUT2D eigenvalue weighted by Gasteiger charge is 2.28. The molecular weight excluding hydrogens is 398 g/mol. The molecule has 9 heteroatoms. The molecule has 0 unspecified atom stereocenters.